The fraction of sp³-hybridized carbons (Fsp3) is 0.290. The highest BCUT2D eigenvalue weighted by Gasteiger charge is 2.19. The topological polar surface area (TPSA) is 0 Å². The Labute approximate surface area is 185 Å². The molecule has 3 aromatic rings. The van der Waals surface area contributed by atoms with Crippen LogP contribution < -0.4 is 10.4 Å². The van der Waals surface area contributed by atoms with E-state index in [2.05, 4.69) is 101 Å². The normalized spacial score (nSPS) is 14.2. The summed E-state index contributed by atoms with van der Waals surface area (Å²) in [5, 5.41) is 8.53. The van der Waals surface area contributed by atoms with E-state index in [1.165, 1.54) is 48.3 Å². The van der Waals surface area contributed by atoms with Gasteiger partial charge in [0.2, 0.25) is 0 Å². The lowest BCUT2D eigenvalue weighted by Gasteiger charge is -2.19. The minimum atomic E-state index is 0.639. The molecule has 0 N–H and O–H groups in total. The Kier molecular flexibility index (Phi) is 5.18. The second-order valence-corrected chi connectivity index (χ2v) is 9.94. The van der Waals surface area contributed by atoms with E-state index in [0.717, 1.165) is 19.3 Å². The van der Waals surface area contributed by atoms with Gasteiger partial charge in [-0.2, -0.15) is 0 Å². The van der Waals surface area contributed by atoms with Crippen molar-refractivity contribution in [1.29, 1.82) is 0 Å². The molecule has 0 fully saturated rings. The highest BCUT2D eigenvalue weighted by atomic mass is 14.2. The maximum absolute atomic E-state index is 2.42. The standard InChI is InChI=1S/C31H32/c1-20(2)17-24(18-21(3)4)30-29(22-11-5-6-12-22)27-16-10-9-15-26(27)28-19-23-13-7-8-14-25(23)31(28)30/h5-11,13-16,19-21H,12,17-18H2,1-4H3. The van der Waals surface area contributed by atoms with Gasteiger partial charge in [-0.25, -0.2) is 0 Å². The van der Waals surface area contributed by atoms with Gasteiger partial charge < -0.3 is 0 Å². The van der Waals surface area contributed by atoms with Gasteiger partial charge >= 0.3 is 0 Å². The van der Waals surface area contributed by atoms with Crippen LogP contribution in [0.3, 0.4) is 0 Å². The van der Waals surface area contributed by atoms with Gasteiger partial charge in [0.05, 0.1) is 0 Å². The van der Waals surface area contributed by atoms with Crippen molar-refractivity contribution in [2.24, 2.45) is 11.8 Å². The zero-order valence-electron chi connectivity index (χ0n) is 19.2. The summed E-state index contributed by atoms with van der Waals surface area (Å²) in [6, 6.07) is 18.0. The van der Waals surface area contributed by atoms with Gasteiger partial charge in [0, 0.05) is 0 Å². The van der Waals surface area contributed by atoms with Crippen LogP contribution in [0.5, 0.6) is 0 Å². The molecule has 0 heteroatoms. The lowest BCUT2D eigenvalue weighted by atomic mass is 9.85. The van der Waals surface area contributed by atoms with Crippen molar-refractivity contribution >= 4 is 28.0 Å². The van der Waals surface area contributed by atoms with Gasteiger partial charge in [0.1, 0.15) is 0 Å². The fourth-order valence-electron chi connectivity index (χ4n) is 5.49. The average molecular weight is 405 g/mol. The average Bonchev–Trinajstić information content (AvgIpc) is 3.40. The Hall–Kier alpha value is -2.86. The molecular formula is C31H32. The SMILES string of the molecule is CC(C)CC(CC(C)C)=c1c(C2=CC=CC2)c2ccccc2c2c1=c1ccccc1=C2. The van der Waals surface area contributed by atoms with Crippen LogP contribution in [0, 0.1) is 22.3 Å². The fourth-order valence-corrected chi connectivity index (χ4v) is 5.49. The van der Waals surface area contributed by atoms with Crippen molar-refractivity contribution in [2.45, 2.75) is 47.0 Å². The van der Waals surface area contributed by atoms with Gasteiger partial charge in [0.15, 0.2) is 0 Å². The summed E-state index contributed by atoms with van der Waals surface area (Å²) in [6.45, 7) is 9.44. The van der Waals surface area contributed by atoms with Crippen LogP contribution >= 0.6 is 0 Å². The van der Waals surface area contributed by atoms with Gasteiger partial charge in [-0.05, 0) is 85.5 Å². The smallest absolute Gasteiger partial charge is 0.00205 e. The first-order valence-electron chi connectivity index (χ1n) is 11.8. The minimum absolute atomic E-state index is 0.639. The molecule has 0 radical (unpaired) electrons. The van der Waals surface area contributed by atoms with Crippen molar-refractivity contribution in [3.63, 3.8) is 0 Å². The molecule has 2 aliphatic carbocycles. The van der Waals surface area contributed by atoms with Gasteiger partial charge in [-0.1, -0.05) is 100 Å². The van der Waals surface area contributed by atoms with Gasteiger partial charge in [0.25, 0.3) is 0 Å². The summed E-state index contributed by atoms with van der Waals surface area (Å²) in [5.41, 5.74) is 5.97. The first-order valence-corrected chi connectivity index (χ1v) is 11.8. The summed E-state index contributed by atoms with van der Waals surface area (Å²) in [6.07, 6.45) is 12.6. The predicted octanol–water partition coefficient (Wildman–Crippen LogP) is 6.86. The summed E-state index contributed by atoms with van der Waals surface area (Å²) in [7, 11) is 0. The highest BCUT2D eigenvalue weighted by molar-refractivity contribution is 6.00. The number of hydrogen-bond donors (Lipinski definition) is 0. The third-order valence-electron chi connectivity index (χ3n) is 6.54. The monoisotopic (exact) mass is 404 g/mol. The molecule has 0 spiro atoms. The molecule has 0 saturated carbocycles. The molecular weight excluding hydrogens is 372 g/mol. The molecule has 0 atom stereocenters. The quantitative estimate of drug-likeness (QED) is 0.341. The molecule has 2 aliphatic rings. The maximum atomic E-state index is 2.42. The molecule has 0 aliphatic heterocycles. The van der Waals surface area contributed by atoms with E-state index < -0.39 is 0 Å². The Balaban J connectivity index is 2.10. The molecule has 3 aromatic carbocycles. The number of allylic oxidation sites excluding steroid dienone is 4. The van der Waals surface area contributed by atoms with E-state index in [-0.39, 0.29) is 0 Å². The summed E-state index contributed by atoms with van der Waals surface area (Å²) in [4.78, 5) is 0. The predicted molar refractivity (Wildman–Crippen MR) is 135 cm³/mol. The lowest BCUT2D eigenvalue weighted by molar-refractivity contribution is 0.613. The largest absolute Gasteiger partial charge is 0.0801 e. The summed E-state index contributed by atoms with van der Waals surface area (Å²) < 4.78 is 0. The summed E-state index contributed by atoms with van der Waals surface area (Å²) >= 11 is 0. The van der Waals surface area contributed by atoms with Crippen LogP contribution in [-0.4, -0.2) is 0 Å². The van der Waals surface area contributed by atoms with Crippen molar-refractivity contribution in [2.75, 3.05) is 0 Å². The van der Waals surface area contributed by atoms with E-state index in [0.29, 0.717) is 11.8 Å². The zero-order valence-corrected chi connectivity index (χ0v) is 19.2. The zero-order chi connectivity index (χ0) is 21.5. The first-order chi connectivity index (χ1) is 15.0. The highest BCUT2D eigenvalue weighted by Crippen LogP contribution is 2.33. The molecule has 156 valence electrons. The number of fused-ring (bicyclic) bond motifs is 4. The molecule has 0 unspecified atom stereocenters. The molecule has 0 aromatic heterocycles. The van der Waals surface area contributed by atoms with Gasteiger partial charge in [-0.3, -0.25) is 0 Å². The Morgan fingerprint density at radius 3 is 2.19 bits per heavy atom. The second-order valence-electron chi connectivity index (χ2n) is 9.94. The van der Waals surface area contributed by atoms with E-state index in [4.69, 9.17) is 0 Å². The van der Waals surface area contributed by atoms with E-state index in [9.17, 15) is 0 Å². The molecule has 0 saturated heterocycles. The van der Waals surface area contributed by atoms with Crippen LogP contribution in [-0.2, 0) is 0 Å². The van der Waals surface area contributed by atoms with Crippen LogP contribution in [0.1, 0.15) is 58.1 Å². The number of hydrogen-bond acceptors (Lipinski definition) is 0. The Bertz CT molecular complexity index is 1430. The summed E-state index contributed by atoms with van der Waals surface area (Å²) in [5.74, 6) is 1.28. The van der Waals surface area contributed by atoms with E-state index in [1.54, 1.807) is 5.57 Å². The minimum Gasteiger partial charge on any atom is -0.0801 e. The van der Waals surface area contributed by atoms with Crippen molar-refractivity contribution in [3.8, 4) is 0 Å². The third-order valence-corrected chi connectivity index (χ3v) is 6.54. The third kappa shape index (κ3) is 3.49. The van der Waals surface area contributed by atoms with E-state index >= 15 is 0 Å². The Morgan fingerprint density at radius 1 is 0.839 bits per heavy atom. The molecule has 5 rings (SSSR count). The second kappa shape index (κ2) is 8.00. The maximum Gasteiger partial charge on any atom is -0.00205 e. The van der Waals surface area contributed by atoms with Crippen molar-refractivity contribution in [3.05, 3.63) is 98.8 Å². The molecule has 0 bridgehead atoms. The van der Waals surface area contributed by atoms with Crippen LogP contribution in [0.2, 0.25) is 0 Å². The number of benzene rings is 3. The first kappa shape index (κ1) is 20.1. The van der Waals surface area contributed by atoms with Crippen LogP contribution in [0.15, 0.2) is 66.8 Å². The lowest BCUT2D eigenvalue weighted by Crippen LogP contribution is -2.19. The van der Waals surface area contributed by atoms with Crippen molar-refractivity contribution < 1.29 is 0 Å². The number of rotatable bonds is 5. The molecule has 31 heavy (non-hydrogen) atoms. The Morgan fingerprint density at radius 2 is 1.52 bits per heavy atom. The molecule has 0 heterocycles. The van der Waals surface area contributed by atoms with Crippen molar-refractivity contribution in [1.82, 2.24) is 0 Å². The molecule has 0 nitrogen and oxygen atoms in total. The van der Waals surface area contributed by atoms with E-state index in [1.807, 2.05) is 0 Å². The van der Waals surface area contributed by atoms with Crippen LogP contribution in [0.25, 0.3) is 28.0 Å². The molecule has 0 amide bonds. The van der Waals surface area contributed by atoms with Gasteiger partial charge in [-0.15, -0.1) is 0 Å². The van der Waals surface area contributed by atoms with Crippen LogP contribution in [0.4, 0.5) is 0 Å².